The van der Waals surface area contributed by atoms with Gasteiger partial charge in [-0.3, -0.25) is 4.79 Å². The summed E-state index contributed by atoms with van der Waals surface area (Å²) in [6.45, 7) is 0. The molecule has 1 N–H and O–H groups in total. The number of ether oxygens (including phenoxy) is 2. The molecule has 0 unspecified atom stereocenters. The Bertz CT molecular complexity index is 711. The van der Waals surface area contributed by atoms with Crippen molar-refractivity contribution in [1.82, 2.24) is 10.3 Å². The molecule has 0 spiro atoms. The van der Waals surface area contributed by atoms with Gasteiger partial charge in [0.25, 0.3) is 5.91 Å². The van der Waals surface area contributed by atoms with Gasteiger partial charge in [0.2, 0.25) is 0 Å². The number of nitrogens with zero attached hydrogens (tertiary/aromatic N) is 2. The number of rotatable bonds is 4. The van der Waals surface area contributed by atoms with Gasteiger partial charge in [0.05, 0.1) is 31.0 Å². The largest absolute Gasteiger partial charge is 0.465 e. The van der Waals surface area contributed by atoms with Crippen molar-refractivity contribution < 1.29 is 28.5 Å². The molecule has 9 heteroatoms. The maximum atomic E-state index is 11.9. The fourth-order valence-corrected chi connectivity index (χ4v) is 1.63. The summed E-state index contributed by atoms with van der Waals surface area (Å²) >= 11 is 0. The van der Waals surface area contributed by atoms with Crippen LogP contribution in [0.3, 0.4) is 0 Å². The van der Waals surface area contributed by atoms with Gasteiger partial charge in [-0.05, 0) is 23.4 Å². The molecule has 0 aliphatic heterocycles. The highest BCUT2D eigenvalue weighted by Gasteiger charge is 2.19. The van der Waals surface area contributed by atoms with E-state index >= 15 is 0 Å². The van der Waals surface area contributed by atoms with E-state index in [4.69, 9.17) is 0 Å². The minimum atomic E-state index is -0.676. The lowest BCUT2D eigenvalue weighted by Gasteiger charge is -2.10. The SMILES string of the molecule is COC(=O)c1ccc(C(=O)OC)c(NC(=O)c2cnon2)c1. The molecule has 9 nitrogen and oxygen atoms in total. The molecular weight excluding hydrogens is 294 g/mol. The monoisotopic (exact) mass is 305 g/mol. The average molecular weight is 305 g/mol. The molecule has 0 radical (unpaired) electrons. The number of aromatic nitrogens is 2. The highest BCUT2D eigenvalue weighted by molar-refractivity contribution is 6.08. The van der Waals surface area contributed by atoms with Crippen LogP contribution < -0.4 is 5.32 Å². The minimum absolute atomic E-state index is 0.0694. The molecule has 0 aliphatic rings. The fraction of sp³-hybridized carbons (Fsp3) is 0.154. The van der Waals surface area contributed by atoms with Gasteiger partial charge < -0.3 is 14.8 Å². The van der Waals surface area contributed by atoms with Gasteiger partial charge in [-0.1, -0.05) is 5.16 Å². The molecule has 0 saturated heterocycles. The number of hydrogen-bond acceptors (Lipinski definition) is 8. The quantitative estimate of drug-likeness (QED) is 0.827. The fourth-order valence-electron chi connectivity index (χ4n) is 1.63. The molecule has 2 aromatic rings. The van der Waals surface area contributed by atoms with E-state index in [1.165, 1.54) is 32.4 Å². The number of esters is 2. The van der Waals surface area contributed by atoms with E-state index < -0.39 is 17.8 Å². The van der Waals surface area contributed by atoms with Gasteiger partial charge in [-0.25, -0.2) is 14.2 Å². The van der Waals surface area contributed by atoms with Gasteiger partial charge in [-0.15, -0.1) is 0 Å². The normalized spacial score (nSPS) is 9.91. The maximum absolute atomic E-state index is 11.9. The first-order valence-corrected chi connectivity index (χ1v) is 5.96. The van der Waals surface area contributed by atoms with E-state index in [1.54, 1.807) is 0 Å². The number of nitrogens with one attached hydrogen (secondary N) is 1. The molecule has 22 heavy (non-hydrogen) atoms. The number of amides is 1. The first-order chi connectivity index (χ1) is 10.6. The Morgan fingerprint density at radius 1 is 1.14 bits per heavy atom. The van der Waals surface area contributed by atoms with Crippen molar-refractivity contribution in [3.05, 3.63) is 41.2 Å². The molecule has 0 fully saturated rings. The molecule has 1 heterocycles. The molecule has 0 saturated carbocycles. The lowest BCUT2D eigenvalue weighted by atomic mass is 10.1. The molecule has 2 rings (SSSR count). The molecule has 0 aliphatic carbocycles. The summed E-state index contributed by atoms with van der Waals surface area (Å²) < 4.78 is 13.5. The molecule has 1 aromatic heterocycles. The van der Waals surface area contributed by atoms with Gasteiger partial charge in [0.15, 0.2) is 5.69 Å². The van der Waals surface area contributed by atoms with Gasteiger partial charge in [-0.2, -0.15) is 0 Å². The number of benzene rings is 1. The third-order valence-electron chi connectivity index (χ3n) is 2.69. The van der Waals surface area contributed by atoms with Crippen molar-refractivity contribution in [3.8, 4) is 0 Å². The second-order valence-electron chi connectivity index (χ2n) is 3.99. The third-order valence-corrected chi connectivity index (χ3v) is 2.69. The van der Waals surface area contributed by atoms with Crippen LogP contribution in [-0.4, -0.2) is 42.4 Å². The highest BCUT2D eigenvalue weighted by atomic mass is 16.6. The summed E-state index contributed by atoms with van der Waals surface area (Å²) in [6, 6.07) is 4.02. The van der Waals surface area contributed by atoms with Gasteiger partial charge in [0, 0.05) is 0 Å². The summed E-state index contributed by atoms with van der Waals surface area (Å²) in [7, 11) is 2.42. The zero-order valence-corrected chi connectivity index (χ0v) is 11.7. The minimum Gasteiger partial charge on any atom is -0.465 e. The Morgan fingerprint density at radius 2 is 1.86 bits per heavy atom. The van der Waals surface area contributed by atoms with E-state index in [1.807, 2.05) is 0 Å². The van der Waals surface area contributed by atoms with Crippen LogP contribution in [-0.2, 0) is 9.47 Å². The number of anilines is 1. The van der Waals surface area contributed by atoms with Crippen molar-refractivity contribution >= 4 is 23.5 Å². The highest BCUT2D eigenvalue weighted by Crippen LogP contribution is 2.20. The predicted octanol–water partition coefficient (Wildman–Crippen LogP) is 0.895. The van der Waals surface area contributed by atoms with E-state index in [0.29, 0.717) is 0 Å². The van der Waals surface area contributed by atoms with Crippen LogP contribution in [0.4, 0.5) is 5.69 Å². The predicted molar refractivity (Wildman–Crippen MR) is 71.4 cm³/mol. The molecule has 114 valence electrons. The zero-order valence-electron chi connectivity index (χ0n) is 11.7. The van der Waals surface area contributed by atoms with Crippen LogP contribution in [0.5, 0.6) is 0 Å². The summed E-state index contributed by atoms with van der Waals surface area (Å²) in [4.78, 5) is 35.2. The van der Waals surface area contributed by atoms with Crippen molar-refractivity contribution in [2.75, 3.05) is 19.5 Å². The molecular formula is C13H11N3O6. The second kappa shape index (κ2) is 6.48. The topological polar surface area (TPSA) is 121 Å². The lowest BCUT2D eigenvalue weighted by Crippen LogP contribution is -2.16. The van der Waals surface area contributed by atoms with Crippen molar-refractivity contribution in [2.24, 2.45) is 0 Å². The van der Waals surface area contributed by atoms with Crippen LogP contribution in [0, 0.1) is 0 Å². The number of carbonyl (C=O) groups excluding carboxylic acids is 3. The van der Waals surface area contributed by atoms with Gasteiger partial charge in [0.1, 0.15) is 6.20 Å². The van der Waals surface area contributed by atoms with E-state index in [0.717, 1.165) is 6.20 Å². The van der Waals surface area contributed by atoms with Gasteiger partial charge >= 0.3 is 11.9 Å². The zero-order chi connectivity index (χ0) is 16.1. The number of carbonyl (C=O) groups is 3. The Kier molecular flexibility index (Phi) is 4.47. The summed E-state index contributed by atoms with van der Waals surface area (Å²) in [6.07, 6.45) is 1.11. The van der Waals surface area contributed by atoms with Crippen LogP contribution in [0.1, 0.15) is 31.2 Å². The first-order valence-electron chi connectivity index (χ1n) is 5.96. The summed E-state index contributed by atoms with van der Waals surface area (Å²) in [5.41, 5.74) is 0.214. The summed E-state index contributed by atoms with van der Waals surface area (Å²) in [5, 5.41) is 9.12. The Balaban J connectivity index is 2.38. The van der Waals surface area contributed by atoms with Crippen molar-refractivity contribution in [1.29, 1.82) is 0 Å². The number of methoxy groups -OCH3 is 2. The van der Waals surface area contributed by atoms with E-state index in [2.05, 4.69) is 29.7 Å². The molecule has 1 aromatic carbocycles. The van der Waals surface area contributed by atoms with Crippen LogP contribution >= 0.6 is 0 Å². The van der Waals surface area contributed by atoms with Crippen LogP contribution in [0.15, 0.2) is 29.0 Å². The third kappa shape index (κ3) is 3.08. The summed E-state index contributed by atoms with van der Waals surface area (Å²) in [5.74, 6) is -1.95. The van der Waals surface area contributed by atoms with Crippen LogP contribution in [0.25, 0.3) is 0 Å². The molecule has 0 bridgehead atoms. The average Bonchev–Trinajstić information content (AvgIpc) is 3.07. The standard InChI is InChI=1S/C13H11N3O6/c1-20-12(18)7-3-4-8(13(19)21-2)9(5-7)15-11(17)10-6-14-22-16-10/h3-6H,1-2H3,(H,15,17). The van der Waals surface area contributed by atoms with Crippen molar-refractivity contribution in [3.63, 3.8) is 0 Å². The smallest absolute Gasteiger partial charge is 0.339 e. The Hall–Kier alpha value is -3.23. The van der Waals surface area contributed by atoms with Crippen molar-refractivity contribution in [2.45, 2.75) is 0 Å². The Morgan fingerprint density at radius 3 is 2.45 bits per heavy atom. The lowest BCUT2D eigenvalue weighted by molar-refractivity contribution is 0.0587. The molecule has 0 atom stereocenters. The van der Waals surface area contributed by atoms with E-state index in [9.17, 15) is 14.4 Å². The van der Waals surface area contributed by atoms with Crippen LogP contribution in [0.2, 0.25) is 0 Å². The number of hydrogen-bond donors (Lipinski definition) is 1. The first kappa shape index (κ1) is 15.2. The second-order valence-corrected chi connectivity index (χ2v) is 3.99. The Labute approximate surface area is 124 Å². The maximum Gasteiger partial charge on any atom is 0.339 e. The van der Waals surface area contributed by atoms with E-state index in [-0.39, 0.29) is 22.5 Å². The molecule has 1 amide bonds.